The van der Waals surface area contributed by atoms with Crippen molar-refractivity contribution in [3.05, 3.63) is 24.2 Å². The van der Waals surface area contributed by atoms with E-state index in [0.29, 0.717) is 5.92 Å². The molecule has 1 aliphatic rings. The Labute approximate surface area is 120 Å². The molecular formula is C16H23N3O. The van der Waals surface area contributed by atoms with Crippen molar-refractivity contribution in [2.45, 2.75) is 46.1 Å². The maximum absolute atomic E-state index is 5.48. The van der Waals surface area contributed by atoms with Crippen LogP contribution in [0.1, 0.15) is 45.4 Å². The summed E-state index contributed by atoms with van der Waals surface area (Å²) in [5.74, 6) is 1.69. The Hall–Kier alpha value is -1.42. The van der Waals surface area contributed by atoms with Crippen molar-refractivity contribution < 1.29 is 4.74 Å². The number of fused-ring (bicyclic) bond motifs is 1. The van der Waals surface area contributed by atoms with Gasteiger partial charge in [0.25, 0.3) is 0 Å². The van der Waals surface area contributed by atoms with Crippen LogP contribution in [0.25, 0.3) is 11.2 Å². The van der Waals surface area contributed by atoms with Gasteiger partial charge in [-0.3, -0.25) is 0 Å². The number of nitrogens with zero attached hydrogens (tertiary/aromatic N) is 3. The lowest BCUT2D eigenvalue weighted by Crippen LogP contribution is -2.22. The largest absolute Gasteiger partial charge is 0.381 e. The van der Waals surface area contributed by atoms with Crippen LogP contribution < -0.4 is 0 Å². The Balaban J connectivity index is 2.06. The zero-order chi connectivity index (χ0) is 14.2. The molecule has 0 spiro atoms. The molecule has 0 atom stereocenters. The molecule has 20 heavy (non-hydrogen) atoms. The van der Waals surface area contributed by atoms with Crippen LogP contribution in [0.3, 0.4) is 0 Å². The second kappa shape index (κ2) is 5.17. The molecular weight excluding hydrogens is 250 g/mol. The average molecular weight is 273 g/mol. The van der Waals surface area contributed by atoms with Crippen LogP contribution in [0.15, 0.2) is 18.3 Å². The first-order chi connectivity index (χ1) is 9.54. The van der Waals surface area contributed by atoms with Crippen molar-refractivity contribution in [2.24, 2.45) is 5.41 Å². The molecule has 108 valence electrons. The zero-order valence-electron chi connectivity index (χ0n) is 12.6. The Bertz CT molecular complexity index is 591. The topological polar surface area (TPSA) is 39.9 Å². The summed E-state index contributed by atoms with van der Waals surface area (Å²) in [5, 5.41) is 0. The summed E-state index contributed by atoms with van der Waals surface area (Å²) in [6.45, 7) is 9.42. The van der Waals surface area contributed by atoms with Crippen LogP contribution in [0.2, 0.25) is 0 Å². The van der Waals surface area contributed by atoms with E-state index in [4.69, 9.17) is 9.72 Å². The molecule has 0 radical (unpaired) electrons. The van der Waals surface area contributed by atoms with Crippen LogP contribution in [0.5, 0.6) is 0 Å². The number of pyridine rings is 1. The predicted octanol–water partition coefficient (Wildman–Crippen LogP) is 3.37. The fourth-order valence-electron chi connectivity index (χ4n) is 2.87. The van der Waals surface area contributed by atoms with Crippen LogP contribution >= 0.6 is 0 Å². The molecule has 4 nitrogen and oxygen atoms in total. The summed E-state index contributed by atoms with van der Waals surface area (Å²) < 4.78 is 7.81. The molecule has 4 heteroatoms. The number of aromatic nitrogens is 3. The first-order valence-electron chi connectivity index (χ1n) is 7.43. The van der Waals surface area contributed by atoms with Crippen LogP contribution in [0, 0.1) is 5.41 Å². The minimum atomic E-state index is 0.213. The van der Waals surface area contributed by atoms with Crippen molar-refractivity contribution in [1.29, 1.82) is 0 Å². The molecule has 2 aromatic rings. The van der Waals surface area contributed by atoms with E-state index >= 15 is 0 Å². The molecule has 1 saturated heterocycles. The Morgan fingerprint density at radius 3 is 2.75 bits per heavy atom. The van der Waals surface area contributed by atoms with E-state index in [1.54, 1.807) is 0 Å². The standard InChI is InChI=1S/C16H23N3O/c1-16(2,3)11-19-14(12-6-9-20-10-7-12)18-13-5-4-8-17-15(13)19/h4-5,8,12H,6-7,9-11H2,1-3H3. The fraction of sp³-hybridized carbons (Fsp3) is 0.625. The van der Waals surface area contributed by atoms with Gasteiger partial charge in [0.1, 0.15) is 11.3 Å². The van der Waals surface area contributed by atoms with Gasteiger partial charge in [0.15, 0.2) is 5.65 Å². The predicted molar refractivity (Wildman–Crippen MR) is 79.8 cm³/mol. The Morgan fingerprint density at radius 2 is 2.05 bits per heavy atom. The molecule has 1 aliphatic heterocycles. The van der Waals surface area contributed by atoms with Crippen molar-refractivity contribution in [1.82, 2.24) is 14.5 Å². The summed E-state index contributed by atoms with van der Waals surface area (Å²) in [4.78, 5) is 9.42. The van der Waals surface area contributed by atoms with Crippen molar-refractivity contribution in [3.63, 3.8) is 0 Å². The SMILES string of the molecule is CC(C)(C)Cn1c(C2CCOCC2)nc2cccnc21. The van der Waals surface area contributed by atoms with E-state index in [1.165, 1.54) is 5.82 Å². The highest BCUT2D eigenvalue weighted by Gasteiger charge is 2.25. The maximum Gasteiger partial charge on any atom is 0.160 e. The first kappa shape index (κ1) is 13.6. The third kappa shape index (κ3) is 2.70. The fourth-order valence-corrected chi connectivity index (χ4v) is 2.87. The number of ether oxygens (including phenoxy) is 1. The smallest absolute Gasteiger partial charge is 0.160 e. The van der Waals surface area contributed by atoms with E-state index in [2.05, 4.69) is 36.4 Å². The lowest BCUT2D eigenvalue weighted by Gasteiger charge is -2.26. The van der Waals surface area contributed by atoms with E-state index < -0.39 is 0 Å². The van der Waals surface area contributed by atoms with Crippen LogP contribution in [-0.4, -0.2) is 27.7 Å². The molecule has 0 N–H and O–H groups in total. The minimum absolute atomic E-state index is 0.213. The quantitative estimate of drug-likeness (QED) is 0.842. The Morgan fingerprint density at radius 1 is 1.30 bits per heavy atom. The average Bonchev–Trinajstić information content (AvgIpc) is 2.77. The third-order valence-electron chi connectivity index (χ3n) is 3.75. The van der Waals surface area contributed by atoms with Gasteiger partial charge in [-0.05, 0) is 30.4 Å². The minimum Gasteiger partial charge on any atom is -0.381 e. The van der Waals surface area contributed by atoms with Gasteiger partial charge in [-0.2, -0.15) is 0 Å². The molecule has 0 aliphatic carbocycles. The second-order valence-electron chi connectivity index (χ2n) is 6.85. The molecule has 0 bridgehead atoms. The van der Waals surface area contributed by atoms with E-state index in [0.717, 1.165) is 43.8 Å². The lowest BCUT2D eigenvalue weighted by molar-refractivity contribution is 0.0825. The van der Waals surface area contributed by atoms with Gasteiger partial charge in [0, 0.05) is 31.9 Å². The van der Waals surface area contributed by atoms with E-state index in [-0.39, 0.29) is 5.41 Å². The summed E-state index contributed by atoms with van der Waals surface area (Å²) >= 11 is 0. The molecule has 0 aromatic carbocycles. The van der Waals surface area contributed by atoms with Crippen molar-refractivity contribution in [3.8, 4) is 0 Å². The highest BCUT2D eigenvalue weighted by Crippen LogP contribution is 2.31. The highest BCUT2D eigenvalue weighted by molar-refractivity contribution is 5.71. The Kier molecular flexibility index (Phi) is 3.50. The van der Waals surface area contributed by atoms with Gasteiger partial charge in [0.05, 0.1) is 0 Å². The maximum atomic E-state index is 5.48. The summed E-state index contributed by atoms with van der Waals surface area (Å²) in [7, 11) is 0. The molecule has 3 heterocycles. The monoisotopic (exact) mass is 273 g/mol. The third-order valence-corrected chi connectivity index (χ3v) is 3.75. The van der Waals surface area contributed by atoms with Crippen molar-refractivity contribution >= 4 is 11.2 Å². The molecule has 3 rings (SSSR count). The van der Waals surface area contributed by atoms with Gasteiger partial charge in [0.2, 0.25) is 0 Å². The summed E-state index contributed by atoms with van der Waals surface area (Å²) in [6.07, 6.45) is 3.98. The van der Waals surface area contributed by atoms with Crippen LogP contribution in [0.4, 0.5) is 0 Å². The normalized spacial score (nSPS) is 17.8. The number of rotatable bonds is 2. The lowest BCUT2D eigenvalue weighted by atomic mass is 9.95. The van der Waals surface area contributed by atoms with Gasteiger partial charge in [-0.15, -0.1) is 0 Å². The van der Waals surface area contributed by atoms with Gasteiger partial charge in [-0.1, -0.05) is 20.8 Å². The second-order valence-corrected chi connectivity index (χ2v) is 6.85. The van der Waals surface area contributed by atoms with Gasteiger partial charge >= 0.3 is 0 Å². The van der Waals surface area contributed by atoms with Gasteiger partial charge < -0.3 is 9.30 Å². The van der Waals surface area contributed by atoms with E-state index in [1.807, 2.05) is 12.3 Å². The summed E-state index contributed by atoms with van der Waals surface area (Å²) in [6, 6.07) is 4.02. The number of hydrogen-bond donors (Lipinski definition) is 0. The number of imidazole rings is 1. The zero-order valence-corrected chi connectivity index (χ0v) is 12.6. The molecule has 0 unspecified atom stereocenters. The molecule has 1 fully saturated rings. The molecule has 0 saturated carbocycles. The first-order valence-corrected chi connectivity index (χ1v) is 7.43. The molecule has 0 amide bonds. The van der Waals surface area contributed by atoms with Crippen molar-refractivity contribution in [2.75, 3.05) is 13.2 Å². The number of hydrogen-bond acceptors (Lipinski definition) is 3. The highest BCUT2D eigenvalue weighted by atomic mass is 16.5. The van der Waals surface area contributed by atoms with Crippen LogP contribution in [-0.2, 0) is 11.3 Å². The molecule has 2 aromatic heterocycles. The van der Waals surface area contributed by atoms with Gasteiger partial charge in [-0.25, -0.2) is 9.97 Å². The van der Waals surface area contributed by atoms with E-state index in [9.17, 15) is 0 Å². The summed E-state index contributed by atoms with van der Waals surface area (Å²) in [5.41, 5.74) is 2.24.